The molecule has 0 unspecified atom stereocenters. The first-order valence-corrected chi connectivity index (χ1v) is 5.65. The van der Waals surface area contributed by atoms with Gasteiger partial charge in [-0.1, -0.05) is 6.42 Å². The average Bonchev–Trinajstić information content (AvgIpc) is 2.72. The predicted molar refractivity (Wildman–Crippen MR) is 50.1 cm³/mol. The summed E-state index contributed by atoms with van der Waals surface area (Å²) in [6, 6.07) is 0.570. The van der Waals surface area contributed by atoms with Crippen molar-refractivity contribution in [3.05, 3.63) is 0 Å². The largest absolute Gasteiger partial charge is 0.353 e. The summed E-state index contributed by atoms with van der Waals surface area (Å²) in [5.74, 6) is 2.57. The topological polar surface area (TPSA) is 29.1 Å². The number of hydrogen-bond donors (Lipinski definition) is 1. The van der Waals surface area contributed by atoms with Crippen molar-refractivity contribution in [2.75, 3.05) is 0 Å². The first kappa shape index (κ1) is 7.84. The van der Waals surface area contributed by atoms with Crippen LogP contribution in [0.5, 0.6) is 0 Å². The Bertz CT molecular complexity index is 230. The van der Waals surface area contributed by atoms with E-state index in [1.54, 1.807) is 0 Å². The number of carbonyl (C=O) groups is 1. The van der Waals surface area contributed by atoms with Gasteiger partial charge in [0.05, 0.1) is 0 Å². The molecular weight excluding hydrogens is 162 g/mol. The van der Waals surface area contributed by atoms with Gasteiger partial charge in [0.15, 0.2) is 0 Å². The molecule has 1 amide bonds. The maximum Gasteiger partial charge on any atom is 0.223 e. The Labute approximate surface area is 79.1 Å². The summed E-state index contributed by atoms with van der Waals surface area (Å²) in [4.78, 5) is 11.6. The van der Waals surface area contributed by atoms with Gasteiger partial charge in [0, 0.05) is 12.0 Å². The van der Waals surface area contributed by atoms with Gasteiger partial charge in [-0.05, 0) is 43.9 Å². The zero-order chi connectivity index (χ0) is 8.84. The van der Waals surface area contributed by atoms with Gasteiger partial charge < -0.3 is 5.32 Å². The van der Waals surface area contributed by atoms with E-state index in [-0.39, 0.29) is 0 Å². The quantitative estimate of drug-likeness (QED) is 0.702. The molecule has 0 aromatic carbocycles. The van der Waals surface area contributed by atoms with Crippen LogP contribution in [0.25, 0.3) is 0 Å². The normalized spacial score (nSPS) is 38.2. The highest BCUT2D eigenvalue weighted by atomic mass is 16.2. The zero-order valence-electron chi connectivity index (χ0n) is 7.96. The highest BCUT2D eigenvalue weighted by Crippen LogP contribution is 2.50. The van der Waals surface area contributed by atoms with E-state index < -0.39 is 0 Å². The summed E-state index contributed by atoms with van der Waals surface area (Å²) < 4.78 is 0. The molecule has 1 N–H and O–H groups in total. The van der Waals surface area contributed by atoms with E-state index in [0.29, 0.717) is 17.9 Å². The third-order valence-corrected chi connectivity index (χ3v) is 3.87. The van der Waals surface area contributed by atoms with Gasteiger partial charge in [-0.25, -0.2) is 0 Å². The SMILES string of the molecule is O=C(N[C@@H]1C[C@H]1C1CC1)C1CCC1. The molecule has 0 aromatic heterocycles. The van der Waals surface area contributed by atoms with E-state index in [2.05, 4.69) is 5.32 Å². The second-order valence-electron chi connectivity index (χ2n) is 4.98. The summed E-state index contributed by atoms with van der Waals surface area (Å²) >= 11 is 0. The molecule has 3 fully saturated rings. The highest BCUT2D eigenvalue weighted by Gasteiger charge is 2.48. The van der Waals surface area contributed by atoms with Gasteiger partial charge in [0.2, 0.25) is 5.91 Å². The molecular formula is C11H17NO. The van der Waals surface area contributed by atoms with Gasteiger partial charge >= 0.3 is 0 Å². The lowest BCUT2D eigenvalue weighted by molar-refractivity contribution is -0.127. The molecule has 13 heavy (non-hydrogen) atoms. The lowest BCUT2D eigenvalue weighted by atomic mass is 9.85. The molecule has 3 aliphatic carbocycles. The standard InChI is InChI=1S/C11H17NO/c13-11(8-2-1-3-8)12-10-6-9(10)7-4-5-7/h7-10H,1-6H2,(H,12,13)/t9-,10+/m0/s1. The van der Waals surface area contributed by atoms with Crippen molar-refractivity contribution >= 4 is 5.91 Å². The maximum atomic E-state index is 11.6. The summed E-state index contributed by atoms with van der Waals surface area (Å²) in [5.41, 5.74) is 0. The molecule has 0 bridgehead atoms. The first-order chi connectivity index (χ1) is 6.34. The smallest absolute Gasteiger partial charge is 0.223 e. The lowest BCUT2D eigenvalue weighted by Crippen LogP contribution is -2.36. The van der Waals surface area contributed by atoms with Crippen molar-refractivity contribution in [2.45, 2.75) is 44.6 Å². The van der Waals surface area contributed by atoms with Crippen molar-refractivity contribution < 1.29 is 4.79 Å². The van der Waals surface area contributed by atoms with Crippen molar-refractivity contribution in [1.29, 1.82) is 0 Å². The number of carbonyl (C=O) groups excluding carboxylic acids is 1. The molecule has 2 heteroatoms. The van der Waals surface area contributed by atoms with Gasteiger partial charge in [-0.3, -0.25) is 4.79 Å². The average molecular weight is 179 g/mol. The zero-order valence-corrected chi connectivity index (χ0v) is 7.96. The molecule has 0 spiro atoms. The molecule has 0 saturated heterocycles. The van der Waals surface area contributed by atoms with Crippen LogP contribution in [0, 0.1) is 17.8 Å². The van der Waals surface area contributed by atoms with Crippen LogP contribution in [0.2, 0.25) is 0 Å². The van der Waals surface area contributed by atoms with E-state index in [9.17, 15) is 4.79 Å². The summed E-state index contributed by atoms with van der Waals surface area (Å²) in [7, 11) is 0. The Hall–Kier alpha value is -0.530. The number of nitrogens with one attached hydrogen (secondary N) is 1. The molecule has 0 radical (unpaired) electrons. The van der Waals surface area contributed by atoms with E-state index in [0.717, 1.165) is 24.7 Å². The minimum atomic E-state index is 0.347. The van der Waals surface area contributed by atoms with Crippen LogP contribution in [0.15, 0.2) is 0 Å². The second kappa shape index (κ2) is 2.73. The van der Waals surface area contributed by atoms with Crippen LogP contribution in [-0.4, -0.2) is 11.9 Å². The van der Waals surface area contributed by atoms with Crippen LogP contribution in [0.1, 0.15) is 38.5 Å². The maximum absolute atomic E-state index is 11.6. The van der Waals surface area contributed by atoms with Crippen LogP contribution in [0.3, 0.4) is 0 Å². The van der Waals surface area contributed by atoms with Crippen molar-refractivity contribution in [1.82, 2.24) is 5.32 Å². The van der Waals surface area contributed by atoms with Gasteiger partial charge in [-0.15, -0.1) is 0 Å². The van der Waals surface area contributed by atoms with Crippen molar-refractivity contribution in [2.24, 2.45) is 17.8 Å². The molecule has 0 aliphatic heterocycles. The van der Waals surface area contributed by atoms with E-state index in [1.165, 1.54) is 25.7 Å². The van der Waals surface area contributed by atoms with E-state index >= 15 is 0 Å². The number of rotatable bonds is 3. The van der Waals surface area contributed by atoms with E-state index in [1.807, 2.05) is 0 Å². The fourth-order valence-electron chi connectivity index (χ4n) is 2.40. The molecule has 72 valence electrons. The fourth-order valence-corrected chi connectivity index (χ4v) is 2.40. The Balaban J connectivity index is 1.45. The summed E-state index contributed by atoms with van der Waals surface area (Å²) in [5, 5.41) is 3.19. The van der Waals surface area contributed by atoms with Crippen LogP contribution < -0.4 is 5.32 Å². The van der Waals surface area contributed by atoms with Crippen LogP contribution >= 0.6 is 0 Å². The molecule has 3 rings (SSSR count). The van der Waals surface area contributed by atoms with Crippen LogP contribution in [0.4, 0.5) is 0 Å². The Morgan fingerprint density at radius 2 is 1.92 bits per heavy atom. The van der Waals surface area contributed by atoms with Crippen molar-refractivity contribution in [3.8, 4) is 0 Å². The first-order valence-electron chi connectivity index (χ1n) is 5.65. The Morgan fingerprint density at radius 1 is 1.15 bits per heavy atom. The second-order valence-corrected chi connectivity index (χ2v) is 4.98. The third kappa shape index (κ3) is 1.47. The monoisotopic (exact) mass is 179 g/mol. The summed E-state index contributed by atoms with van der Waals surface area (Å²) in [6.45, 7) is 0. The van der Waals surface area contributed by atoms with Gasteiger partial charge in [0.25, 0.3) is 0 Å². The molecule has 2 nitrogen and oxygen atoms in total. The fraction of sp³-hybridized carbons (Fsp3) is 0.909. The predicted octanol–water partition coefficient (Wildman–Crippen LogP) is 1.70. The van der Waals surface area contributed by atoms with Crippen LogP contribution in [-0.2, 0) is 4.79 Å². The molecule has 2 atom stereocenters. The third-order valence-electron chi connectivity index (χ3n) is 3.87. The Morgan fingerprint density at radius 3 is 2.46 bits per heavy atom. The van der Waals surface area contributed by atoms with Crippen molar-refractivity contribution in [3.63, 3.8) is 0 Å². The minimum absolute atomic E-state index is 0.347. The minimum Gasteiger partial charge on any atom is -0.353 e. The summed E-state index contributed by atoms with van der Waals surface area (Å²) in [6.07, 6.45) is 7.62. The number of amides is 1. The number of hydrogen-bond acceptors (Lipinski definition) is 1. The highest BCUT2D eigenvalue weighted by molar-refractivity contribution is 5.80. The molecule has 0 heterocycles. The van der Waals surface area contributed by atoms with Gasteiger partial charge in [0.1, 0.15) is 0 Å². The lowest BCUT2D eigenvalue weighted by Gasteiger charge is -2.24. The van der Waals surface area contributed by atoms with E-state index in [4.69, 9.17) is 0 Å². The molecule has 3 aliphatic rings. The molecule has 3 saturated carbocycles. The van der Waals surface area contributed by atoms with Gasteiger partial charge in [-0.2, -0.15) is 0 Å². The molecule has 0 aromatic rings. The Kier molecular flexibility index (Phi) is 1.64.